The lowest BCUT2D eigenvalue weighted by molar-refractivity contribution is 0.305. The van der Waals surface area contributed by atoms with Crippen LogP contribution in [0.5, 0.6) is 5.75 Å². The fourth-order valence-corrected chi connectivity index (χ4v) is 3.38. The third-order valence-corrected chi connectivity index (χ3v) is 5.14. The molecular weight excluding hydrogens is 422 g/mol. The summed E-state index contributed by atoms with van der Waals surface area (Å²) in [5.74, 6) is 12.1. The number of hydrogen-bond acceptors (Lipinski definition) is 5. The average molecular weight is 454 g/mol. The summed E-state index contributed by atoms with van der Waals surface area (Å²) in [7, 11) is 0. The van der Waals surface area contributed by atoms with Crippen molar-refractivity contribution in [3.05, 3.63) is 107 Å². The summed E-state index contributed by atoms with van der Waals surface area (Å²) in [6.07, 6.45) is 4.57. The SMILES string of the molecule is CC.N/N=C(/Cc1ccccc1COc1ccc(/C=C/c2ccc3ccccc3n2)cc1)NN. The second-order valence-electron chi connectivity index (χ2n) is 7.29. The van der Waals surface area contributed by atoms with Gasteiger partial charge in [0.25, 0.3) is 0 Å². The van der Waals surface area contributed by atoms with E-state index in [-0.39, 0.29) is 0 Å². The molecular formula is C28H31N5O. The van der Waals surface area contributed by atoms with E-state index in [0.29, 0.717) is 18.9 Å². The van der Waals surface area contributed by atoms with Crippen molar-refractivity contribution in [2.24, 2.45) is 16.8 Å². The Bertz CT molecular complexity index is 1250. The van der Waals surface area contributed by atoms with E-state index in [0.717, 1.165) is 39.0 Å². The molecule has 3 aromatic carbocycles. The zero-order chi connectivity index (χ0) is 24.2. The highest BCUT2D eigenvalue weighted by atomic mass is 16.5. The number of nitrogens with zero attached hydrogens (tertiary/aromatic N) is 2. The number of ether oxygens (including phenoxy) is 1. The summed E-state index contributed by atoms with van der Waals surface area (Å²) in [5, 5.41) is 4.79. The van der Waals surface area contributed by atoms with Crippen molar-refractivity contribution in [3.8, 4) is 5.75 Å². The molecule has 0 saturated heterocycles. The Labute approximate surface area is 200 Å². The van der Waals surface area contributed by atoms with Crippen molar-refractivity contribution in [1.29, 1.82) is 0 Å². The molecule has 0 saturated carbocycles. The Kier molecular flexibility index (Phi) is 9.19. The molecule has 174 valence electrons. The number of nitrogens with two attached hydrogens (primary N) is 2. The number of benzene rings is 3. The van der Waals surface area contributed by atoms with Crippen molar-refractivity contribution in [2.45, 2.75) is 26.9 Å². The minimum absolute atomic E-state index is 0.439. The van der Waals surface area contributed by atoms with Crippen LogP contribution in [0.2, 0.25) is 0 Å². The van der Waals surface area contributed by atoms with Gasteiger partial charge >= 0.3 is 0 Å². The Balaban J connectivity index is 0.00000158. The summed E-state index contributed by atoms with van der Waals surface area (Å²) >= 11 is 0. The Hall–Kier alpha value is -4.16. The highest BCUT2D eigenvalue weighted by Crippen LogP contribution is 2.18. The van der Waals surface area contributed by atoms with Gasteiger partial charge in [0, 0.05) is 11.8 Å². The monoisotopic (exact) mass is 453 g/mol. The van der Waals surface area contributed by atoms with E-state index in [9.17, 15) is 0 Å². The topological polar surface area (TPSA) is 98.5 Å². The molecule has 0 radical (unpaired) electrons. The zero-order valence-electron chi connectivity index (χ0n) is 19.6. The summed E-state index contributed by atoms with van der Waals surface area (Å²) in [6.45, 7) is 4.44. The number of para-hydroxylation sites is 1. The summed E-state index contributed by atoms with van der Waals surface area (Å²) in [4.78, 5) is 4.67. The lowest BCUT2D eigenvalue weighted by Gasteiger charge is -2.12. The first-order valence-electron chi connectivity index (χ1n) is 11.3. The summed E-state index contributed by atoms with van der Waals surface area (Å²) in [6, 6.07) is 28.2. The number of rotatable bonds is 7. The first-order chi connectivity index (χ1) is 16.7. The van der Waals surface area contributed by atoms with E-state index in [4.69, 9.17) is 16.4 Å². The van der Waals surface area contributed by atoms with Crippen LogP contribution in [-0.2, 0) is 13.0 Å². The van der Waals surface area contributed by atoms with Gasteiger partial charge in [-0.2, -0.15) is 5.10 Å². The number of nitrogens with one attached hydrogen (secondary N) is 1. The molecule has 0 aliphatic carbocycles. The highest BCUT2D eigenvalue weighted by molar-refractivity contribution is 5.84. The Morgan fingerprint density at radius 1 is 0.882 bits per heavy atom. The maximum Gasteiger partial charge on any atom is 0.140 e. The van der Waals surface area contributed by atoms with Crippen LogP contribution in [0.4, 0.5) is 0 Å². The number of fused-ring (bicyclic) bond motifs is 1. The number of pyridine rings is 1. The molecule has 0 aliphatic rings. The third kappa shape index (κ3) is 6.67. The van der Waals surface area contributed by atoms with Crippen molar-refractivity contribution in [3.63, 3.8) is 0 Å². The predicted molar refractivity (Wildman–Crippen MR) is 142 cm³/mol. The molecule has 0 fully saturated rings. The molecule has 4 rings (SSSR count). The number of hydrazone groups is 1. The van der Waals surface area contributed by atoms with Gasteiger partial charge in [0.1, 0.15) is 18.2 Å². The molecule has 0 atom stereocenters. The van der Waals surface area contributed by atoms with Crippen LogP contribution in [-0.4, -0.2) is 10.8 Å². The predicted octanol–water partition coefficient (Wildman–Crippen LogP) is 5.29. The molecule has 1 heterocycles. The maximum atomic E-state index is 5.99. The molecule has 0 spiro atoms. The number of hydrazine groups is 1. The fraction of sp³-hybridized carbons (Fsp3) is 0.143. The second-order valence-corrected chi connectivity index (χ2v) is 7.29. The third-order valence-electron chi connectivity index (χ3n) is 5.14. The van der Waals surface area contributed by atoms with Crippen LogP contribution < -0.4 is 21.8 Å². The molecule has 0 bridgehead atoms. The number of amidine groups is 1. The van der Waals surface area contributed by atoms with E-state index in [2.05, 4.69) is 27.6 Å². The van der Waals surface area contributed by atoms with Crippen molar-refractivity contribution in [1.82, 2.24) is 10.4 Å². The van der Waals surface area contributed by atoms with Crippen LogP contribution in [0.25, 0.3) is 23.1 Å². The zero-order valence-corrected chi connectivity index (χ0v) is 19.6. The van der Waals surface area contributed by atoms with Crippen molar-refractivity contribution in [2.75, 3.05) is 0 Å². The lowest BCUT2D eigenvalue weighted by atomic mass is 10.0. The quantitative estimate of drug-likeness (QED) is 0.153. The molecule has 0 amide bonds. The number of aromatic nitrogens is 1. The van der Waals surface area contributed by atoms with E-state index in [1.165, 1.54) is 0 Å². The van der Waals surface area contributed by atoms with Gasteiger partial charge in [-0.05, 0) is 47.0 Å². The van der Waals surface area contributed by atoms with Gasteiger partial charge in [-0.15, -0.1) is 0 Å². The van der Waals surface area contributed by atoms with Gasteiger partial charge in [0.15, 0.2) is 0 Å². The molecule has 1 aromatic heterocycles. The number of hydrogen-bond donors (Lipinski definition) is 3. The molecule has 0 aliphatic heterocycles. The van der Waals surface area contributed by atoms with E-state index in [1.54, 1.807) is 0 Å². The van der Waals surface area contributed by atoms with Crippen LogP contribution >= 0.6 is 0 Å². The van der Waals surface area contributed by atoms with Gasteiger partial charge in [-0.1, -0.05) is 80.6 Å². The van der Waals surface area contributed by atoms with Crippen LogP contribution in [0, 0.1) is 0 Å². The minimum Gasteiger partial charge on any atom is -0.489 e. The van der Waals surface area contributed by atoms with E-state index >= 15 is 0 Å². The van der Waals surface area contributed by atoms with E-state index in [1.807, 2.05) is 98.8 Å². The average Bonchev–Trinajstić information content (AvgIpc) is 2.91. The molecule has 6 nitrogen and oxygen atoms in total. The standard InChI is InChI=1S/C26H25N5O.C2H6/c27-30-26(31-28)17-21-6-1-2-7-22(21)18-32-24-15-10-19(11-16-24)9-13-23-14-12-20-5-3-4-8-25(20)29-23;1-2/h1-16H,17-18,27-28H2,(H,30,31);1-2H3/b13-9+;. The Morgan fingerprint density at radius 3 is 2.32 bits per heavy atom. The van der Waals surface area contributed by atoms with Crippen molar-refractivity contribution >= 4 is 28.9 Å². The minimum atomic E-state index is 0.439. The van der Waals surface area contributed by atoms with E-state index < -0.39 is 0 Å². The Morgan fingerprint density at radius 2 is 1.59 bits per heavy atom. The second kappa shape index (κ2) is 12.8. The molecule has 4 aromatic rings. The van der Waals surface area contributed by atoms with Gasteiger partial charge < -0.3 is 16.0 Å². The van der Waals surface area contributed by atoms with Crippen molar-refractivity contribution < 1.29 is 4.74 Å². The first kappa shape index (κ1) is 24.5. The molecule has 34 heavy (non-hydrogen) atoms. The summed E-state index contributed by atoms with van der Waals surface area (Å²) in [5.41, 5.74) is 7.61. The van der Waals surface area contributed by atoms with Gasteiger partial charge in [-0.25, -0.2) is 10.8 Å². The largest absolute Gasteiger partial charge is 0.489 e. The highest BCUT2D eigenvalue weighted by Gasteiger charge is 2.06. The van der Waals surface area contributed by atoms with Gasteiger partial charge in [0.2, 0.25) is 0 Å². The van der Waals surface area contributed by atoms with Crippen LogP contribution in [0.3, 0.4) is 0 Å². The fourth-order valence-electron chi connectivity index (χ4n) is 3.38. The first-order valence-corrected chi connectivity index (χ1v) is 11.3. The maximum absolute atomic E-state index is 5.99. The van der Waals surface area contributed by atoms with Crippen LogP contribution in [0.1, 0.15) is 36.2 Å². The molecule has 0 unspecified atom stereocenters. The summed E-state index contributed by atoms with van der Waals surface area (Å²) < 4.78 is 5.99. The van der Waals surface area contributed by atoms with Gasteiger partial charge in [0.05, 0.1) is 11.2 Å². The molecule has 5 N–H and O–H groups in total. The lowest BCUT2D eigenvalue weighted by Crippen LogP contribution is -2.33. The van der Waals surface area contributed by atoms with Gasteiger partial charge in [-0.3, -0.25) is 0 Å². The van der Waals surface area contributed by atoms with Crippen LogP contribution in [0.15, 0.2) is 90.0 Å². The normalized spacial score (nSPS) is 11.2. The smallest absolute Gasteiger partial charge is 0.140 e. The molecule has 6 heteroatoms.